The third-order valence-corrected chi connectivity index (χ3v) is 3.27. The van der Waals surface area contributed by atoms with Crippen molar-refractivity contribution in [3.05, 3.63) is 12.2 Å². The van der Waals surface area contributed by atoms with Gasteiger partial charge in [-0.3, -0.25) is 4.79 Å². The predicted octanol–water partition coefficient (Wildman–Crippen LogP) is 0.736. The molecule has 1 amide bonds. The average Bonchev–Trinajstić information content (AvgIpc) is 2.72. The molecule has 4 heteroatoms. The Morgan fingerprint density at radius 2 is 2.12 bits per heavy atom. The summed E-state index contributed by atoms with van der Waals surface area (Å²) in [7, 11) is 0. The van der Waals surface area contributed by atoms with E-state index in [2.05, 4.69) is 31.0 Å². The van der Waals surface area contributed by atoms with Gasteiger partial charge in [0.2, 0.25) is 5.91 Å². The quantitative estimate of drug-likeness (QED) is 0.672. The van der Waals surface area contributed by atoms with Crippen LogP contribution in [0.3, 0.4) is 0 Å². The maximum atomic E-state index is 11.9. The molecule has 17 heavy (non-hydrogen) atoms. The van der Waals surface area contributed by atoms with Crippen LogP contribution in [0, 0.1) is 5.92 Å². The van der Waals surface area contributed by atoms with Gasteiger partial charge < -0.3 is 16.0 Å². The molecule has 0 saturated heterocycles. The number of hydrogen-bond acceptors (Lipinski definition) is 3. The van der Waals surface area contributed by atoms with Crippen LogP contribution in [-0.4, -0.2) is 42.5 Å². The minimum absolute atomic E-state index is 0.0378. The minimum Gasteiger partial charge on any atom is -0.352 e. The predicted molar refractivity (Wildman–Crippen MR) is 70.6 cm³/mol. The second-order valence-corrected chi connectivity index (χ2v) is 4.79. The van der Waals surface area contributed by atoms with Gasteiger partial charge in [-0.1, -0.05) is 26.0 Å². The second-order valence-electron chi connectivity index (χ2n) is 4.79. The highest BCUT2D eigenvalue weighted by molar-refractivity contribution is 5.81. The third-order valence-electron chi connectivity index (χ3n) is 3.27. The lowest BCUT2D eigenvalue weighted by molar-refractivity contribution is -0.124. The van der Waals surface area contributed by atoms with Crippen molar-refractivity contribution in [2.24, 2.45) is 11.7 Å². The smallest absolute Gasteiger partial charge is 0.227 e. The Bertz CT molecular complexity index is 274. The molecule has 3 atom stereocenters. The molecular weight excluding hydrogens is 214 g/mol. The summed E-state index contributed by atoms with van der Waals surface area (Å²) in [6, 6.07) is 0.233. The van der Waals surface area contributed by atoms with Crippen LogP contribution in [0.25, 0.3) is 0 Å². The van der Waals surface area contributed by atoms with Gasteiger partial charge in [0.05, 0.1) is 5.92 Å². The van der Waals surface area contributed by atoms with Crippen LogP contribution in [0.2, 0.25) is 0 Å². The Hall–Kier alpha value is -0.870. The molecule has 3 N–H and O–H groups in total. The molecule has 1 aliphatic rings. The first-order valence-corrected chi connectivity index (χ1v) is 6.53. The van der Waals surface area contributed by atoms with Crippen LogP contribution >= 0.6 is 0 Å². The Balaban J connectivity index is 2.33. The van der Waals surface area contributed by atoms with E-state index >= 15 is 0 Å². The van der Waals surface area contributed by atoms with Crippen molar-refractivity contribution in [1.29, 1.82) is 0 Å². The van der Waals surface area contributed by atoms with E-state index < -0.39 is 0 Å². The summed E-state index contributed by atoms with van der Waals surface area (Å²) in [5.74, 6) is 0.0676. The van der Waals surface area contributed by atoms with Crippen molar-refractivity contribution in [2.75, 3.05) is 19.6 Å². The van der Waals surface area contributed by atoms with E-state index in [1.54, 1.807) is 0 Å². The number of nitrogens with two attached hydrogens (primary N) is 1. The van der Waals surface area contributed by atoms with Crippen LogP contribution in [-0.2, 0) is 4.79 Å². The van der Waals surface area contributed by atoms with Crippen LogP contribution in [0.4, 0.5) is 0 Å². The van der Waals surface area contributed by atoms with E-state index in [-0.39, 0.29) is 23.9 Å². The monoisotopic (exact) mass is 239 g/mol. The zero-order valence-electron chi connectivity index (χ0n) is 11.1. The molecule has 0 fully saturated rings. The van der Waals surface area contributed by atoms with Crippen LogP contribution in [0.15, 0.2) is 12.2 Å². The van der Waals surface area contributed by atoms with Crippen molar-refractivity contribution in [1.82, 2.24) is 10.2 Å². The van der Waals surface area contributed by atoms with E-state index in [1.165, 1.54) is 0 Å². The Labute approximate surface area is 104 Å². The topological polar surface area (TPSA) is 58.4 Å². The van der Waals surface area contributed by atoms with E-state index in [4.69, 9.17) is 5.73 Å². The first-order valence-electron chi connectivity index (χ1n) is 6.53. The van der Waals surface area contributed by atoms with Crippen molar-refractivity contribution in [3.8, 4) is 0 Å². The highest BCUT2D eigenvalue weighted by Crippen LogP contribution is 2.16. The molecule has 98 valence electrons. The summed E-state index contributed by atoms with van der Waals surface area (Å²) in [6.07, 6.45) is 4.58. The highest BCUT2D eigenvalue weighted by Gasteiger charge is 2.23. The summed E-state index contributed by atoms with van der Waals surface area (Å²) >= 11 is 0. The number of carbonyl (C=O) groups is 1. The molecule has 0 aromatic heterocycles. The maximum absolute atomic E-state index is 11.9. The fourth-order valence-corrected chi connectivity index (χ4v) is 2.19. The normalized spacial score (nSPS) is 25.2. The van der Waals surface area contributed by atoms with Crippen molar-refractivity contribution < 1.29 is 4.79 Å². The molecule has 0 aromatic carbocycles. The molecule has 0 spiro atoms. The number of nitrogens with zero attached hydrogens (tertiary/aromatic N) is 1. The van der Waals surface area contributed by atoms with E-state index in [0.29, 0.717) is 0 Å². The molecule has 1 aliphatic carbocycles. The number of hydrogen-bond donors (Lipinski definition) is 2. The van der Waals surface area contributed by atoms with Crippen molar-refractivity contribution in [3.63, 3.8) is 0 Å². The molecule has 0 radical (unpaired) electrons. The van der Waals surface area contributed by atoms with E-state index in [9.17, 15) is 4.79 Å². The Morgan fingerprint density at radius 3 is 2.59 bits per heavy atom. The lowest BCUT2D eigenvalue weighted by atomic mass is 10.1. The minimum atomic E-state index is -0.0378. The summed E-state index contributed by atoms with van der Waals surface area (Å²) in [5, 5.41) is 3.05. The SMILES string of the molecule is CCN(CC)CC(C)NC(=O)C1C=CC(N)C1. The fraction of sp³-hybridized carbons (Fsp3) is 0.769. The molecule has 0 heterocycles. The number of rotatable bonds is 6. The zero-order chi connectivity index (χ0) is 12.8. The molecule has 1 rings (SSSR count). The summed E-state index contributed by atoms with van der Waals surface area (Å²) < 4.78 is 0. The van der Waals surface area contributed by atoms with Crippen molar-refractivity contribution >= 4 is 5.91 Å². The molecule has 4 nitrogen and oxygen atoms in total. The molecular formula is C13H25N3O. The number of nitrogens with one attached hydrogen (secondary N) is 1. The van der Waals surface area contributed by atoms with Gasteiger partial charge >= 0.3 is 0 Å². The standard InChI is InChI=1S/C13H25N3O/c1-4-16(5-2)9-10(3)15-13(17)11-6-7-12(14)8-11/h6-7,10-12H,4-5,8-9,14H2,1-3H3,(H,15,17). The fourth-order valence-electron chi connectivity index (χ4n) is 2.19. The highest BCUT2D eigenvalue weighted by atomic mass is 16.1. The van der Waals surface area contributed by atoms with Gasteiger partial charge in [-0.15, -0.1) is 0 Å². The van der Waals surface area contributed by atoms with E-state index in [1.807, 2.05) is 12.2 Å². The van der Waals surface area contributed by atoms with Gasteiger partial charge in [-0.25, -0.2) is 0 Å². The largest absolute Gasteiger partial charge is 0.352 e. The molecule has 0 aliphatic heterocycles. The van der Waals surface area contributed by atoms with Crippen LogP contribution in [0.5, 0.6) is 0 Å². The zero-order valence-corrected chi connectivity index (χ0v) is 11.1. The number of amides is 1. The van der Waals surface area contributed by atoms with Crippen LogP contribution in [0.1, 0.15) is 27.2 Å². The Kier molecular flexibility index (Phi) is 5.65. The van der Waals surface area contributed by atoms with Gasteiger partial charge in [0.25, 0.3) is 0 Å². The maximum Gasteiger partial charge on any atom is 0.227 e. The van der Waals surface area contributed by atoms with Gasteiger partial charge in [0.15, 0.2) is 0 Å². The van der Waals surface area contributed by atoms with Gasteiger partial charge in [-0.05, 0) is 26.4 Å². The Morgan fingerprint density at radius 1 is 1.47 bits per heavy atom. The molecule has 0 aromatic rings. The van der Waals surface area contributed by atoms with Gasteiger partial charge in [-0.2, -0.15) is 0 Å². The molecule has 3 unspecified atom stereocenters. The van der Waals surface area contributed by atoms with Gasteiger partial charge in [0, 0.05) is 18.6 Å². The lowest BCUT2D eigenvalue weighted by Gasteiger charge is -2.24. The number of likely N-dealkylation sites (N-methyl/N-ethyl adjacent to an activating group) is 1. The summed E-state index contributed by atoms with van der Waals surface area (Å²) in [4.78, 5) is 14.2. The first kappa shape index (κ1) is 14.2. The molecule has 0 bridgehead atoms. The number of carbonyl (C=O) groups excluding carboxylic acids is 1. The third kappa shape index (κ3) is 4.48. The van der Waals surface area contributed by atoms with E-state index in [0.717, 1.165) is 26.1 Å². The molecule has 0 saturated carbocycles. The average molecular weight is 239 g/mol. The first-order chi connectivity index (χ1) is 8.06. The summed E-state index contributed by atoms with van der Waals surface area (Å²) in [6.45, 7) is 9.26. The van der Waals surface area contributed by atoms with Crippen molar-refractivity contribution in [2.45, 2.75) is 39.3 Å². The van der Waals surface area contributed by atoms with Crippen LogP contribution < -0.4 is 11.1 Å². The summed E-state index contributed by atoms with van der Waals surface area (Å²) in [5.41, 5.74) is 5.74. The van der Waals surface area contributed by atoms with Gasteiger partial charge in [0.1, 0.15) is 0 Å². The second kappa shape index (κ2) is 6.77. The lowest BCUT2D eigenvalue weighted by Crippen LogP contribution is -2.44.